The van der Waals surface area contributed by atoms with Gasteiger partial charge in [0.1, 0.15) is 0 Å². The molecule has 2 heterocycles. The molecule has 0 bridgehead atoms. The van der Waals surface area contributed by atoms with E-state index in [4.69, 9.17) is 18.9 Å². The number of benzene rings is 2. The maximum absolute atomic E-state index is 12.1. The zero-order chi connectivity index (χ0) is 25.3. The predicted molar refractivity (Wildman–Crippen MR) is 134 cm³/mol. The van der Waals surface area contributed by atoms with E-state index in [1.807, 2.05) is 50.2 Å². The van der Waals surface area contributed by atoms with Gasteiger partial charge in [-0.05, 0) is 63.1 Å². The highest BCUT2D eigenvalue weighted by atomic mass is 16.7. The van der Waals surface area contributed by atoms with Crippen LogP contribution in [-0.4, -0.2) is 36.8 Å². The summed E-state index contributed by atoms with van der Waals surface area (Å²) in [6.45, 7) is 4.07. The van der Waals surface area contributed by atoms with Crippen LogP contribution in [0.25, 0.3) is 0 Å². The molecule has 2 amide bonds. The summed E-state index contributed by atoms with van der Waals surface area (Å²) in [6.07, 6.45) is 3.92. The van der Waals surface area contributed by atoms with Gasteiger partial charge in [0.2, 0.25) is 25.4 Å². The molecule has 0 unspecified atom stereocenters. The van der Waals surface area contributed by atoms with Gasteiger partial charge < -0.3 is 18.9 Å². The quantitative estimate of drug-likeness (QED) is 0.278. The first kappa shape index (κ1) is 25.0. The summed E-state index contributed by atoms with van der Waals surface area (Å²) < 4.78 is 21.3. The maximum Gasteiger partial charge on any atom is 0.240 e. The number of carbonyl (C=O) groups excluding carboxylic acids is 2. The first-order valence-corrected chi connectivity index (χ1v) is 12.0. The second-order valence-corrected chi connectivity index (χ2v) is 8.51. The van der Waals surface area contributed by atoms with Gasteiger partial charge in [0, 0.05) is 24.0 Å². The van der Waals surface area contributed by atoms with Gasteiger partial charge in [-0.1, -0.05) is 12.8 Å². The molecule has 190 valence electrons. The van der Waals surface area contributed by atoms with E-state index in [1.165, 1.54) is 0 Å². The molecular weight excluding hydrogens is 464 g/mol. The number of nitrogens with zero attached hydrogens (tertiary/aromatic N) is 2. The van der Waals surface area contributed by atoms with Crippen molar-refractivity contribution in [2.45, 2.75) is 52.4 Å². The van der Waals surface area contributed by atoms with Crippen molar-refractivity contribution >= 4 is 23.2 Å². The summed E-state index contributed by atoms with van der Waals surface area (Å²) in [6, 6.07) is 11.1. The Bertz CT molecular complexity index is 1090. The molecular formula is C26H30N4O6. The lowest BCUT2D eigenvalue weighted by molar-refractivity contribution is -0.122. The van der Waals surface area contributed by atoms with Gasteiger partial charge in [0.25, 0.3) is 0 Å². The molecule has 0 radical (unpaired) electrons. The van der Waals surface area contributed by atoms with E-state index < -0.39 is 0 Å². The number of hydrogen-bond acceptors (Lipinski definition) is 8. The van der Waals surface area contributed by atoms with Gasteiger partial charge in [-0.25, -0.2) is 10.9 Å². The fraction of sp³-hybridized carbons (Fsp3) is 0.385. The lowest BCUT2D eigenvalue weighted by atomic mass is 10.1. The van der Waals surface area contributed by atoms with E-state index in [0.29, 0.717) is 47.3 Å². The number of ether oxygens (including phenoxy) is 4. The first-order chi connectivity index (χ1) is 17.5. The van der Waals surface area contributed by atoms with Crippen molar-refractivity contribution in [3.63, 3.8) is 0 Å². The Labute approximate surface area is 209 Å². The summed E-state index contributed by atoms with van der Waals surface area (Å²) in [5.41, 5.74) is 8.27. The molecule has 2 aliphatic rings. The summed E-state index contributed by atoms with van der Waals surface area (Å²) in [7, 11) is 0. The molecule has 0 aromatic heterocycles. The molecule has 2 aromatic rings. The second kappa shape index (κ2) is 12.1. The summed E-state index contributed by atoms with van der Waals surface area (Å²) in [5, 5.41) is 8.35. The maximum atomic E-state index is 12.1. The lowest BCUT2D eigenvalue weighted by Gasteiger charge is -2.05. The van der Waals surface area contributed by atoms with Crippen molar-refractivity contribution in [1.82, 2.24) is 10.9 Å². The Morgan fingerprint density at radius 2 is 1.08 bits per heavy atom. The minimum Gasteiger partial charge on any atom is -0.454 e. The van der Waals surface area contributed by atoms with Crippen LogP contribution in [0.1, 0.15) is 63.5 Å². The van der Waals surface area contributed by atoms with E-state index in [-0.39, 0.29) is 25.4 Å². The number of hydrazone groups is 2. The molecule has 10 heteroatoms. The molecule has 2 aromatic carbocycles. The molecule has 0 atom stereocenters. The number of amides is 2. The summed E-state index contributed by atoms with van der Waals surface area (Å²) in [4.78, 5) is 24.2. The number of carbonyl (C=O) groups is 2. The fourth-order valence-electron chi connectivity index (χ4n) is 3.70. The van der Waals surface area contributed by atoms with E-state index >= 15 is 0 Å². The van der Waals surface area contributed by atoms with Crippen LogP contribution >= 0.6 is 0 Å². The molecule has 0 fully saturated rings. The van der Waals surface area contributed by atoms with Gasteiger partial charge in [0.05, 0.1) is 11.4 Å². The van der Waals surface area contributed by atoms with Crippen LogP contribution in [0, 0.1) is 0 Å². The Kier molecular flexibility index (Phi) is 8.38. The largest absolute Gasteiger partial charge is 0.454 e. The predicted octanol–water partition coefficient (Wildman–Crippen LogP) is 3.87. The highest BCUT2D eigenvalue weighted by molar-refractivity contribution is 6.00. The second-order valence-electron chi connectivity index (χ2n) is 8.51. The third kappa shape index (κ3) is 6.74. The van der Waals surface area contributed by atoms with Gasteiger partial charge >= 0.3 is 0 Å². The summed E-state index contributed by atoms with van der Waals surface area (Å²) in [5.74, 6) is 2.49. The van der Waals surface area contributed by atoms with Gasteiger partial charge in [-0.15, -0.1) is 0 Å². The Hall–Kier alpha value is -4.08. The van der Waals surface area contributed by atoms with Crippen LogP contribution in [0.4, 0.5) is 0 Å². The van der Waals surface area contributed by atoms with Crippen molar-refractivity contribution in [2.24, 2.45) is 10.2 Å². The number of rotatable bonds is 11. The van der Waals surface area contributed by atoms with Gasteiger partial charge in [0.15, 0.2) is 23.0 Å². The number of nitrogens with one attached hydrogen (secondary N) is 2. The standard InChI is InChI=1S/C26H30N4O6/c1-17(19-9-11-21-23(13-19)35-15-33-21)27-29-25(31)7-5-3-4-6-8-26(32)30-28-18(2)20-10-12-22-24(14-20)36-16-34-22/h9-14H,3-8,15-16H2,1-2H3,(H,29,31)(H,30,32)/b27-17+,28-18+. The number of fused-ring (bicyclic) bond motifs is 2. The fourth-order valence-corrected chi connectivity index (χ4v) is 3.70. The molecule has 36 heavy (non-hydrogen) atoms. The van der Waals surface area contributed by atoms with E-state index in [2.05, 4.69) is 21.1 Å². The van der Waals surface area contributed by atoms with Gasteiger partial charge in [-0.2, -0.15) is 10.2 Å². The van der Waals surface area contributed by atoms with Crippen molar-refractivity contribution in [3.8, 4) is 23.0 Å². The molecule has 4 rings (SSSR count). The topological polar surface area (TPSA) is 120 Å². The average Bonchev–Trinajstić information content (AvgIpc) is 3.56. The van der Waals surface area contributed by atoms with Crippen LogP contribution in [0.15, 0.2) is 46.6 Å². The number of unbranched alkanes of at least 4 members (excludes halogenated alkanes) is 3. The Balaban J connectivity index is 1.08. The zero-order valence-electron chi connectivity index (χ0n) is 20.5. The van der Waals surface area contributed by atoms with Crippen molar-refractivity contribution in [2.75, 3.05) is 13.6 Å². The highest BCUT2D eigenvalue weighted by Crippen LogP contribution is 2.33. The normalized spacial score (nSPS) is 14.1. The zero-order valence-corrected chi connectivity index (χ0v) is 20.5. The van der Waals surface area contributed by atoms with Crippen LogP contribution < -0.4 is 29.8 Å². The van der Waals surface area contributed by atoms with Crippen molar-refractivity contribution < 1.29 is 28.5 Å². The minimum atomic E-state index is -0.138. The first-order valence-electron chi connectivity index (χ1n) is 12.0. The SMILES string of the molecule is C/C(=N\NC(=O)CCCCCCC(=O)N/N=C(\C)c1ccc2c(c1)OCO2)c1ccc2c(c1)OCO2. The van der Waals surface area contributed by atoms with E-state index in [0.717, 1.165) is 36.8 Å². The monoisotopic (exact) mass is 494 g/mol. The minimum absolute atomic E-state index is 0.138. The van der Waals surface area contributed by atoms with Crippen molar-refractivity contribution in [1.29, 1.82) is 0 Å². The molecule has 0 aliphatic carbocycles. The summed E-state index contributed by atoms with van der Waals surface area (Å²) >= 11 is 0. The molecule has 0 spiro atoms. The third-order valence-corrected chi connectivity index (χ3v) is 5.83. The number of hydrogen-bond donors (Lipinski definition) is 2. The molecule has 2 aliphatic heterocycles. The third-order valence-electron chi connectivity index (χ3n) is 5.83. The van der Waals surface area contributed by atoms with E-state index in [1.54, 1.807) is 0 Å². The molecule has 0 saturated carbocycles. The van der Waals surface area contributed by atoms with E-state index in [9.17, 15) is 9.59 Å². The molecule has 0 saturated heterocycles. The Morgan fingerprint density at radius 1 is 0.667 bits per heavy atom. The smallest absolute Gasteiger partial charge is 0.240 e. The van der Waals surface area contributed by atoms with Crippen LogP contribution in [0.5, 0.6) is 23.0 Å². The average molecular weight is 495 g/mol. The van der Waals surface area contributed by atoms with Crippen LogP contribution in [0.2, 0.25) is 0 Å². The van der Waals surface area contributed by atoms with Crippen LogP contribution in [-0.2, 0) is 9.59 Å². The molecule has 10 nitrogen and oxygen atoms in total. The lowest BCUT2D eigenvalue weighted by Crippen LogP contribution is -2.19. The van der Waals surface area contributed by atoms with Gasteiger partial charge in [-0.3, -0.25) is 9.59 Å². The Morgan fingerprint density at radius 3 is 1.53 bits per heavy atom. The highest BCUT2D eigenvalue weighted by Gasteiger charge is 2.15. The van der Waals surface area contributed by atoms with Crippen LogP contribution in [0.3, 0.4) is 0 Å². The molecule has 2 N–H and O–H groups in total. The van der Waals surface area contributed by atoms with Crippen molar-refractivity contribution in [3.05, 3.63) is 47.5 Å².